The lowest BCUT2D eigenvalue weighted by atomic mass is 9.75. The second kappa shape index (κ2) is 17.4. The molecule has 0 aromatic carbocycles. The molecule has 190 valence electrons. The predicted molar refractivity (Wildman–Crippen MR) is 135 cm³/mol. The Bertz CT molecular complexity index is 480. The van der Waals surface area contributed by atoms with Crippen molar-refractivity contribution in [1.82, 2.24) is 0 Å². The summed E-state index contributed by atoms with van der Waals surface area (Å²) in [6.45, 7) is 16.2. The zero-order chi connectivity index (χ0) is 24.7. The van der Waals surface area contributed by atoms with Crippen molar-refractivity contribution < 1.29 is 19.8 Å². The molecule has 5 unspecified atom stereocenters. The van der Waals surface area contributed by atoms with E-state index in [0.717, 1.165) is 30.1 Å². The number of rotatable bonds is 14. The number of hydrogen-bond donors (Lipinski definition) is 2. The molecule has 0 amide bonds. The number of aliphatic carboxylic acids is 2. The van der Waals surface area contributed by atoms with Crippen molar-refractivity contribution in [2.75, 3.05) is 0 Å². The summed E-state index contributed by atoms with van der Waals surface area (Å²) in [4.78, 5) is 21.5. The van der Waals surface area contributed by atoms with Gasteiger partial charge in [0.2, 0.25) is 0 Å². The molecule has 4 nitrogen and oxygen atoms in total. The highest BCUT2D eigenvalue weighted by atomic mass is 16.4. The highest BCUT2D eigenvalue weighted by molar-refractivity contribution is 5.80. The van der Waals surface area contributed by atoms with E-state index >= 15 is 0 Å². The van der Waals surface area contributed by atoms with Crippen molar-refractivity contribution in [3.63, 3.8) is 0 Å². The summed E-state index contributed by atoms with van der Waals surface area (Å²) in [5.74, 6) is 0.662. The molecule has 0 radical (unpaired) electrons. The third-order valence-electron chi connectivity index (χ3n) is 7.10. The smallest absolute Gasteiger partial charge is 0.307 e. The average Bonchev–Trinajstić information content (AvgIpc) is 2.67. The van der Waals surface area contributed by atoms with Gasteiger partial charge in [-0.15, -0.1) is 0 Å². The van der Waals surface area contributed by atoms with Crippen molar-refractivity contribution in [2.24, 2.45) is 41.4 Å². The summed E-state index contributed by atoms with van der Waals surface area (Å²) in [5, 5.41) is 17.6. The first-order valence-corrected chi connectivity index (χ1v) is 13.4. The van der Waals surface area contributed by atoms with Crippen LogP contribution in [-0.2, 0) is 9.59 Å². The van der Waals surface area contributed by atoms with Gasteiger partial charge < -0.3 is 10.2 Å². The largest absolute Gasteiger partial charge is 0.481 e. The second-order valence-electron chi connectivity index (χ2n) is 11.6. The molecule has 0 heterocycles. The molecule has 1 saturated carbocycles. The van der Waals surface area contributed by atoms with Gasteiger partial charge in [-0.05, 0) is 48.9 Å². The molecule has 0 aromatic heterocycles. The predicted octanol–water partition coefficient (Wildman–Crippen LogP) is 8.29. The van der Waals surface area contributed by atoms with Gasteiger partial charge in [0.15, 0.2) is 0 Å². The minimum atomic E-state index is -0.973. The van der Waals surface area contributed by atoms with E-state index < -0.39 is 23.8 Å². The van der Waals surface area contributed by atoms with Gasteiger partial charge in [-0.1, -0.05) is 106 Å². The zero-order valence-corrected chi connectivity index (χ0v) is 22.2. The number of carbonyl (C=O) groups is 2. The maximum absolute atomic E-state index is 10.8. The number of carboxylic acid groups (broad SMARTS) is 2. The summed E-state index contributed by atoms with van der Waals surface area (Å²) in [6.07, 6.45) is 14.7. The summed E-state index contributed by atoms with van der Waals surface area (Å²) in [5.41, 5.74) is 0. The van der Waals surface area contributed by atoms with Crippen LogP contribution < -0.4 is 0 Å². The topological polar surface area (TPSA) is 74.6 Å². The minimum Gasteiger partial charge on any atom is -0.481 e. The van der Waals surface area contributed by atoms with Crippen LogP contribution in [0.4, 0.5) is 0 Å². The Morgan fingerprint density at radius 3 is 1.38 bits per heavy atom. The molecule has 5 atom stereocenters. The average molecular weight is 455 g/mol. The molecular weight excluding hydrogens is 400 g/mol. The molecule has 0 spiro atoms. The Labute approximate surface area is 199 Å². The van der Waals surface area contributed by atoms with E-state index in [1.807, 2.05) is 6.92 Å². The first-order valence-electron chi connectivity index (χ1n) is 13.4. The van der Waals surface area contributed by atoms with Gasteiger partial charge >= 0.3 is 11.9 Å². The van der Waals surface area contributed by atoms with Crippen LogP contribution in [0.2, 0.25) is 0 Å². The van der Waals surface area contributed by atoms with Gasteiger partial charge in [-0.25, -0.2) is 0 Å². The molecule has 0 aliphatic heterocycles. The van der Waals surface area contributed by atoms with Crippen molar-refractivity contribution in [2.45, 2.75) is 126 Å². The van der Waals surface area contributed by atoms with Crippen molar-refractivity contribution >= 4 is 11.9 Å². The van der Waals surface area contributed by atoms with E-state index in [-0.39, 0.29) is 0 Å². The fraction of sp³-hybridized carbons (Fsp3) is 0.929. The minimum absolute atomic E-state index is 0.330. The molecular formula is C28H54O4. The Kier molecular flexibility index (Phi) is 16.8. The van der Waals surface area contributed by atoms with Crippen LogP contribution in [0, 0.1) is 41.4 Å². The molecule has 0 saturated heterocycles. The van der Waals surface area contributed by atoms with E-state index in [4.69, 9.17) is 10.2 Å². The lowest BCUT2D eigenvalue weighted by Gasteiger charge is -2.29. The van der Waals surface area contributed by atoms with E-state index in [1.165, 1.54) is 57.8 Å². The Morgan fingerprint density at radius 2 is 1.03 bits per heavy atom. The first kappa shape index (κ1) is 30.9. The quantitative estimate of drug-likeness (QED) is 0.277. The zero-order valence-electron chi connectivity index (χ0n) is 22.2. The van der Waals surface area contributed by atoms with Crippen LogP contribution in [0.3, 0.4) is 0 Å². The van der Waals surface area contributed by atoms with Gasteiger partial charge in [0, 0.05) is 0 Å². The SMILES string of the molecule is CC(C)CCCC(C)CCCC(C)CCCC(C)C.CC1CCC(C(=O)O)C(C(=O)O)C1. The lowest BCUT2D eigenvalue weighted by Crippen LogP contribution is -2.34. The van der Waals surface area contributed by atoms with Crippen molar-refractivity contribution in [3.8, 4) is 0 Å². The molecule has 1 aliphatic carbocycles. The molecule has 1 fully saturated rings. The van der Waals surface area contributed by atoms with Crippen LogP contribution in [0.1, 0.15) is 126 Å². The van der Waals surface area contributed by atoms with Crippen LogP contribution in [0.5, 0.6) is 0 Å². The fourth-order valence-electron chi connectivity index (χ4n) is 4.80. The monoisotopic (exact) mass is 454 g/mol. The fourth-order valence-corrected chi connectivity index (χ4v) is 4.80. The van der Waals surface area contributed by atoms with Crippen molar-refractivity contribution in [1.29, 1.82) is 0 Å². The van der Waals surface area contributed by atoms with Gasteiger partial charge in [0.25, 0.3) is 0 Å². The second-order valence-corrected chi connectivity index (χ2v) is 11.6. The van der Waals surface area contributed by atoms with Crippen LogP contribution in [0.25, 0.3) is 0 Å². The molecule has 1 aliphatic rings. The van der Waals surface area contributed by atoms with Gasteiger partial charge in [-0.2, -0.15) is 0 Å². The molecule has 0 bridgehead atoms. The van der Waals surface area contributed by atoms with E-state index in [9.17, 15) is 9.59 Å². The van der Waals surface area contributed by atoms with E-state index in [2.05, 4.69) is 41.5 Å². The summed E-state index contributed by atoms with van der Waals surface area (Å²) in [6, 6.07) is 0. The van der Waals surface area contributed by atoms with Crippen LogP contribution in [-0.4, -0.2) is 22.2 Å². The normalized spacial score (nSPS) is 22.8. The van der Waals surface area contributed by atoms with Gasteiger partial charge in [0.1, 0.15) is 0 Å². The first-order chi connectivity index (χ1) is 14.9. The third kappa shape index (κ3) is 15.7. The lowest BCUT2D eigenvalue weighted by molar-refractivity contribution is -0.156. The Morgan fingerprint density at radius 1 is 0.656 bits per heavy atom. The van der Waals surface area contributed by atoms with Gasteiger partial charge in [0.05, 0.1) is 11.8 Å². The molecule has 32 heavy (non-hydrogen) atoms. The molecule has 2 N–H and O–H groups in total. The maximum atomic E-state index is 10.8. The molecule has 0 aromatic rings. The highest BCUT2D eigenvalue weighted by Gasteiger charge is 2.37. The van der Waals surface area contributed by atoms with Crippen LogP contribution >= 0.6 is 0 Å². The van der Waals surface area contributed by atoms with E-state index in [0.29, 0.717) is 18.8 Å². The maximum Gasteiger partial charge on any atom is 0.307 e. The highest BCUT2D eigenvalue weighted by Crippen LogP contribution is 2.34. The summed E-state index contributed by atoms with van der Waals surface area (Å²) >= 11 is 0. The van der Waals surface area contributed by atoms with Crippen molar-refractivity contribution in [3.05, 3.63) is 0 Å². The third-order valence-corrected chi connectivity index (χ3v) is 7.10. The standard InChI is InChI=1S/C19H40.C9H14O4/c1-16(2)10-7-12-18(5)14-9-15-19(6)13-8-11-17(3)4;1-5-2-3-6(8(10)11)7(4-5)9(12)13/h16-19H,7-15H2,1-6H3;5-7H,2-4H2,1H3,(H,10,11)(H,12,13). The molecule has 4 heteroatoms. The summed E-state index contributed by atoms with van der Waals surface area (Å²) in [7, 11) is 0. The van der Waals surface area contributed by atoms with E-state index in [1.54, 1.807) is 0 Å². The van der Waals surface area contributed by atoms with Gasteiger partial charge in [-0.3, -0.25) is 9.59 Å². The molecule has 1 rings (SSSR count). The Hall–Kier alpha value is -1.06. The number of carboxylic acids is 2. The Balaban J connectivity index is 0.000000641. The van der Waals surface area contributed by atoms with Crippen LogP contribution in [0.15, 0.2) is 0 Å². The number of hydrogen-bond acceptors (Lipinski definition) is 2. The summed E-state index contributed by atoms with van der Waals surface area (Å²) < 4.78 is 0.